The maximum absolute atomic E-state index is 12.4. The summed E-state index contributed by atoms with van der Waals surface area (Å²) in [6.45, 7) is 0.526. The molecule has 2 heterocycles. The van der Waals surface area contributed by atoms with E-state index in [4.69, 9.17) is 4.74 Å². The van der Waals surface area contributed by atoms with Gasteiger partial charge in [-0.15, -0.1) is 11.3 Å². The van der Waals surface area contributed by atoms with Crippen LogP contribution in [0.15, 0.2) is 60.0 Å². The Hall–Kier alpha value is -3.12. The summed E-state index contributed by atoms with van der Waals surface area (Å²) in [6, 6.07) is 17.9. The van der Waals surface area contributed by atoms with Crippen molar-refractivity contribution in [1.29, 1.82) is 0 Å². The number of rotatable bonds is 6. The lowest BCUT2D eigenvalue weighted by atomic mass is 10.1. The van der Waals surface area contributed by atoms with Crippen LogP contribution in [-0.4, -0.2) is 29.5 Å². The molecule has 4 aromatic rings. The number of carbonyl (C=O) groups excluding carboxylic acids is 1. The van der Waals surface area contributed by atoms with Crippen molar-refractivity contribution in [2.45, 2.75) is 6.42 Å². The lowest BCUT2D eigenvalue weighted by molar-refractivity contribution is 0.0950. The Labute approximate surface area is 161 Å². The van der Waals surface area contributed by atoms with E-state index >= 15 is 0 Å². The fourth-order valence-electron chi connectivity index (χ4n) is 3.00. The molecule has 4 rings (SSSR count). The van der Waals surface area contributed by atoms with E-state index in [1.165, 1.54) is 11.3 Å². The van der Waals surface area contributed by atoms with E-state index in [2.05, 4.69) is 27.4 Å². The highest BCUT2D eigenvalue weighted by molar-refractivity contribution is 7.13. The molecule has 2 aromatic carbocycles. The molecule has 0 saturated heterocycles. The molecule has 0 spiro atoms. The van der Waals surface area contributed by atoms with Gasteiger partial charge >= 0.3 is 0 Å². The van der Waals surface area contributed by atoms with Gasteiger partial charge in [-0.2, -0.15) is 0 Å². The zero-order valence-corrected chi connectivity index (χ0v) is 15.7. The fourth-order valence-corrected chi connectivity index (χ4v) is 3.77. The van der Waals surface area contributed by atoms with Crippen LogP contribution in [0.1, 0.15) is 16.1 Å². The summed E-state index contributed by atoms with van der Waals surface area (Å²) < 4.78 is 5.34. The van der Waals surface area contributed by atoms with Gasteiger partial charge in [0, 0.05) is 22.8 Å². The molecule has 0 aliphatic carbocycles. The van der Waals surface area contributed by atoms with Gasteiger partial charge in [0.05, 0.1) is 12.8 Å². The van der Waals surface area contributed by atoms with Crippen molar-refractivity contribution in [3.63, 3.8) is 0 Å². The van der Waals surface area contributed by atoms with Crippen molar-refractivity contribution < 1.29 is 9.53 Å². The number of amides is 1. The summed E-state index contributed by atoms with van der Waals surface area (Å²) in [5.74, 6) is 0.671. The van der Waals surface area contributed by atoms with Crippen LogP contribution in [-0.2, 0) is 6.42 Å². The Bertz CT molecular complexity index is 1050. The van der Waals surface area contributed by atoms with Crippen LogP contribution in [0, 0.1) is 0 Å². The Balaban J connectivity index is 1.41. The summed E-state index contributed by atoms with van der Waals surface area (Å²) in [4.78, 5) is 20.2. The molecule has 1 amide bonds. The van der Waals surface area contributed by atoms with Crippen LogP contribution < -0.4 is 10.1 Å². The number of nitrogens with one attached hydrogen (secondary N) is 2. The normalized spacial score (nSPS) is 10.9. The van der Waals surface area contributed by atoms with E-state index in [0.717, 1.165) is 32.9 Å². The van der Waals surface area contributed by atoms with Crippen LogP contribution in [0.2, 0.25) is 0 Å². The van der Waals surface area contributed by atoms with Crippen LogP contribution >= 0.6 is 11.3 Å². The van der Waals surface area contributed by atoms with Gasteiger partial charge in [-0.3, -0.25) is 4.79 Å². The van der Waals surface area contributed by atoms with E-state index in [1.54, 1.807) is 12.5 Å². The minimum absolute atomic E-state index is 0.163. The number of H-pyrrole nitrogens is 1. The van der Waals surface area contributed by atoms with Crippen LogP contribution in [0.3, 0.4) is 0 Å². The quantitative estimate of drug-likeness (QED) is 0.527. The number of para-hydroxylation sites is 2. The first-order valence-corrected chi connectivity index (χ1v) is 9.56. The number of nitrogens with zero attached hydrogens (tertiary/aromatic N) is 1. The van der Waals surface area contributed by atoms with Crippen molar-refractivity contribution >= 4 is 28.1 Å². The highest BCUT2D eigenvalue weighted by Gasteiger charge is 2.13. The predicted octanol–water partition coefficient (Wildman–Crippen LogP) is 4.27. The van der Waals surface area contributed by atoms with Crippen molar-refractivity contribution in [1.82, 2.24) is 15.3 Å². The number of fused-ring (bicyclic) bond motifs is 1. The van der Waals surface area contributed by atoms with E-state index < -0.39 is 0 Å². The van der Waals surface area contributed by atoms with Crippen molar-refractivity contribution in [2.75, 3.05) is 13.7 Å². The van der Waals surface area contributed by atoms with E-state index in [-0.39, 0.29) is 5.91 Å². The summed E-state index contributed by atoms with van der Waals surface area (Å²) in [7, 11) is 1.65. The summed E-state index contributed by atoms with van der Waals surface area (Å²) in [6.07, 6.45) is 0.703. The first-order chi connectivity index (χ1) is 13.2. The van der Waals surface area contributed by atoms with Gasteiger partial charge in [0.1, 0.15) is 16.5 Å². The largest absolute Gasteiger partial charge is 0.496 e. The van der Waals surface area contributed by atoms with Gasteiger partial charge in [0.15, 0.2) is 0 Å². The van der Waals surface area contributed by atoms with E-state index in [0.29, 0.717) is 18.7 Å². The fraction of sp³-hybridized carbons (Fsp3) is 0.143. The van der Waals surface area contributed by atoms with Gasteiger partial charge < -0.3 is 15.0 Å². The Morgan fingerprint density at radius 3 is 2.85 bits per heavy atom. The number of hydrogen-bond acceptors (Lipinski definition) is 4. The highest BCUT2D eigenvalue weighted by Crippen LogP contribution is 2.26. The number of benzene rings is 2. The third-order valence-electron chi connectivity index (χ3n) is 4.37. The maximum atomic E-state index is 12.4. The second kappa shape index (κ2) is 7.63. The topological polar surface area (TPSA) is 67.0 Å². The third-order valence-corrected chi connectivity index (χ3v) is 5.25. The van der Waals surface area contributed by atoms with Crippen molar-refractivity contribution in [3.05, 3.63) is 71.2 Å². The molecule has 0 unspecified atom stereocenters. The van der Waals surface area contributed by atoms with E-state index in [9.17, 15) is 4.79 Å². The summed E-state index contributed by atoms with van der Waals surface area (Å²) >= 11 is 1.46. The molecule has 136 valence electrons. The molecule has 0 radical (unpaired) electrons. The maximum Gasteiger partial charge on any atom is 0.270 e. The van der Waals surface area contributed by atoms with Crippen molar-refractivity contribution in [3.8, 4) is 16.5 Å². The number of ether oxygens (including phenoxy) is 1. The lowest BCUT2D eigenvalue weighted by Gasteiger charge is -2.08. The standard InChI is InChI=1S/C21H19N3O2S/c1-26-19-9-5-3-6-14(19)10-11-22-20(25)18-13-27-21(24-18)17-12-15-7-2-4-8-16(15)23-17/h2-9,12-13,23H,10-11H2,1H3,(H,22,25). The molecule has 2 N–H and O–H groups in total. The summed E-state index contributed by atoms with van der Waals surface area (Å²) in [5.41, 5.74) is 3.49. The Morgan fingerprint density at radius 2 is 2.00 bits per heavy atom. The SMILES string of the molecule is COc1ccccc1CCNC(=O)c1csc(-c2cc3ccccc3[nH]2)n1. The van der Waals surface area contributed by atoms with Gasteiger partial charge in [-0.25, -0.2) is 4.98 Å². The van der Waals surface area contributed by atoms with Gasteiger partial charge in [-0.05, 0) is 30.2 Å². The average Bonchev–Trinajstić information content (AvgIpc) is 3.35. The predicted molar refractivity (Wildman–Crippen MR) is 108 cm³/mol. The Kier molecular flexibility index (Phi) is 4.89. The zero-order valence-electron chi connectivity index (χ0n) is 14.9. The molecule has 27 heavy (non-hydrogen) atoms. The van der Waals surface area contributed by atoms with Crippen LogP contribution in [0.25, 0.3) is 21.6 Å². The van der Waals surface area contributed by atoms with Gasteiger partial charge in [0.2, 0.25) is 0 Å². The van der Waals surface area contributed by atoms with Crippen LogP contribution in [0.4, 0.5) is 0 Å². The van der Waals surface area contributed by atoms with E-state index in [1.807, 2.05) is 42.5 Å². The molecule has 0 fully saturated rings. The first-order valence-electron chi connectivity index (χ1n) is 8.68. The minimum Gasteiger partial charge on any atom is -0.496 e. The number of carbonyl (C=O) groups is 1. The molecule has 0 aliphatic heterocycles. The number of aromatic amines is 1. The lowest BCUT2D eigenvalue weighted by Crippen LogP contribution is -2.26. The smallest absolute Gasteiger partial charge is 0.270 e. The number of methoxy groups -OCH3 is 1. The monoisotopic (exact) mass is 377 g/mol. The third kappa shape index (κ3) is 3.71. The van der Waals surface area contributed by atoms with Gasteiger partial charge in [-0.1, -0.05) is 36.4 Å². The molecule has 0 atom stereocenters. The second-order valence-electron chi connectivity index (χ2n) is 6.13. The zero-order chi connectivity index (χ0) is 18.6. The summed E-state index contributed by atoms with van der Waals surface area (Å²) in [5, 5.41) is 6.66. The molecule has 5 nitrogen and oxygen atoms in total. The van der Waals surface area contributed by atoms with Crippen molar-refractivity contribution in [2.24, 2.45) is 0 Å². The number of hydrogen-bond donors (Lipinski definition) is 2. The molecular weight excluding hydrogens is 358 g/mol. The Morgan fingerprint density at radius 1 is 1.19 bits per heavy atom. The number of thiazole rings is 1. The average molecular weight is 377 g/mol. The minimum atomic E-state index is -0.163. The molecular formula is C21H19N3O2S. The van der Waals surface area contributed by atoms with Crippen LogP contribution in [0.5, 0.6) is 5.75 Å². The highest BCUT2D eigenvalue weighted by atomic mass is 32.1. The second-order valence-corrected chi connectivity index (χ2v) is 6.98. The molecule has 2 aromatic heterocycles. The first kappa shape index (κ1) is 17.3. The molecule has 0 bridgehead atoms. The molecule has 6 heteroatoms. The van der Waals surface area contributed by atoms with Gasteiger partial charge in [0.25, 0.3) is 5.91 Å². The molecule has 0 saturated carbocycles. The molecule has 0 aliphatic rings. The number of aromatic nitrogens is 2.